The first-order chi connectivity index (χ1) is 12.8. The minimum atomic E-state index is 0.310. The van der Waals surface area contributed by atoms with Gasteiger partial charge in [0.2, 0.25) is 11.7 Å². The van der Waals surface area contributed by atoms with Crippen LogP contribution in [0.4, 0.5) is 0 Å². The highest BCUT2D eigenvalue weighted by atomic mass is 16.5. The van der Waals surface area contributed by atoms with Crippen molar-refractivity contribution in [3.05, 3.63) is 54.8 Å². The number of nitrogens with zero attached hydrogens (tertiary/aromatic N) is 7. The molecule has 0 unspecified atom stereocenters. The summed E-state index contributed by atoms with van der Waals surface area (Å²) in [6.45, 7) is 0.310. The normalized spacial score (nSPS) is 11.4. The van der Waals surface area contributed by atoms with Gasteiger partial charge in [-0.1, -0.05) is 23.4 Å². The largest absolute Gasteiger partial charge is 0.470 e. The molecule has 0 saturated carbocycles. The van der Waals surface area contributed by atoms with Gasteiger partial charge in [0.1, 0.15) is 12.9 Å². The van der Waals surface area contributed by atoms with Crippen LogP contribution < -0.4 is 4.74 Å². The van der Waals surface area contributed by atoms with E-state index in [-0.39, 0.29) is 0 Å². The highest BCUT2D eigenvalue weighted by Crippen LogP contribution is 2.28. The number of hydrogen-bond acceptors (Lipinski definition) is 7. The molecule has 0 radical (unpaired) electrons. The van der Waals surface area contributed by atoms with Crippen LogP contribution >= 0.6 is 0 Å². The van der Waals surface area contributed by atoms with Crippen molar-refractivity contribution in [1.29, 1.82) is 0 Å². The maximum absolute atomic E-state index is 5.96. The van der Waals surface area contributed by atoms with Crippen LogP contribution in [-0.2, 0) is 13.7 Å². The van der Waals surface area contributed by atoms with E-state index >= 15 is 0 Å². The predicted molar refractivity (Wildman–Crippen MR) is 91.3 cm³/mol. The van der Waals surface area contributed by atoms with E-state index in [1.807, 2.05) is 42.1 Å². The standard InChI is InChI=1S/C17H13N7O2/c1-23-8-11(18-10-23)9-25-17-13-5-3-2-4-12(13)15-19-20-16(24(15)21-17)14-6-7-26-22-14/h2-8,10H,9H2,1H3. The topological polar surface area (TPSA) is 96.2 Å². The molecule has 0 N–H and O–H groups in total. The molecule has 0 amide bonds. The minimum Gasteiger partial charge on any atom is -0.470 e. The van der Waals surface area contributed by atoms with E-state index in [9.17, 15) is 0 Å². The SMILES string of the molecule is Cn1cnc(COc2nn3c(-c4ccon4)nnc3c3ccccc23)c1. The molecular formula is C17H13N7O2. The van der Waals surface area contributed by atoms with Gasteiger partial charge in [-0.3, -0.25) is 0 Å². The zero-order valence-electron chi connectivity index (χ0n) is 13.8. The molecule has 128 valence electrons. The molecule has 4 aromatic heterocycles. The molecule has 0 aliphatic heterocycles. The molecule has 5 aromatic rings. The van der Waals surface area contributed by atoms with Gasteiger partial charge in [-0.25, -0.2) is 4.98 Å². The van der Waals surface area contributed by atoms with Crippen molar-refractivity contribution in [2.24, 2.45) is 7.05 Å². The lowest BCUT2D eigenvalue weighted by Crippen LogP contribution is -2.03. The summed E-state index contributed by atoms with van der Waals surface area (Å²) in [5.74, 6) is 0.963. The Morgan fingerprint density at radius 2 is 2.00 bits per heavy atom. The first-order valence-electron chi connectivity index (χ1n) is 7.94. The lowest BCUT2D eigenvalue weighted by molar-refractivity contribution is 0.289. The van der Waals surface area contributed by atoms with Gasteiger partial charge in [0.05, 0.1) is 12.0 Å². The third kappa shape index (κ3) is 2.29. The second-order valence-corrected chi connectivity index (χ2v) is 5.81. The minimum absolute atomic E-state index is 0.310. The van der Waals surface area contributed by atoms with E-state index in [2.05, 4.69) is 25.4 Å². The van der Waals surface area contributed by atoms with Gasteiger partial charge in [0.15, 0.2) is 11.3 Å². The Morgan fingerprint density at radius 3 is 2.77 bits per heavy atom. The van der Waals surface area contributed by atoms with Crippen molar-refractivity contribution in [2.75, 3.05) is 0 Å². The summed E-state index contributed by atoms with van der Waals surface area (Å²) in [6.07, 6.45) is 5.12. The van der Waals surface area contributed by atoms with Gasteiger partial charge in [0.25, 0.3) is 0 Å². The van der Waals surface area contributed by atoms with Gasteiger partial charge in [-0.05, 0) is 6.07 Å². The van der Waals surface area contributed by atoms with Gasteiger partial charge >= 0.3 is 0 Å². The van der Waals surface area contributed by atoms with Crippen LogP contribution in [0.5, 0.6) is 5.88 Å². The van der Waals surface area contributed by atoms with Crippen molar-refractivity contribution in [3.63, 3.8) is 0 Å². The number of hydrogen-bond donors (Lipinski definition) is 0. The number of aromatic nitrogens is 7. The molecule has 0 fully saturated rings. The number of fused-ring (bicyclic) bond motifs is 3. The average molecular weight is 347 g/mol. The summed E-state index contributed by atoms with van der Waals surface area (Å²) in [7, 11) is 1.91. The number of ether oxygens (including phenoxy) is 1. The van der Waals surface area contributed by atoms with Gasteiger partial charge in [0, 0.05) is 30.1 Å². The van der Waals surface area contributed by atoms with E-state index in [0.717, 1.165) is 16.5 Å². The summed E-state index contributed by atoms with van der Waals surface area (Å²) in [6, 6.07) is 9.49. The third-order valence-corrected chi connectivity index (χ3v) is 4.01. The molecule has 9 heteroatoms. The predicted octanol–water partition coefficient (Wildman–Crippen LogP) is 2.25. The van der Waals surface area contributed by atoms with Gasteiger partial charge < -0.3 is 13.8 Å². The highest BCUT2D eigenvalue weighted by molar-refractivity contribution is 5.96. The molecule has 0 spiro atoms. The summed E-state index contributed by atoms with van der Waals surface area (Å²) in [5.41, 5.74) is 2.00. The first kappa shape index (κ1) is 14.6. The van der Waals surface area contributed by atoms with Crippen LogP contribution in [0.25, 0.3) is 27.9 Å². The molecule has 5 rings (SSSR count). The van der Waals surface area contributed by atoms with Crippen molar-refractivity contribution < 1.29 is 9.26 Å². The lowest BCUT2D eigenvalue weighted by atomic mass is 10.2. The Morgan fingerprint density at radius 1 is 1.12 bits per heavy atom. The third-order valence-electron chi connectivity index (χ3n) is 4.01. The van der Waals surface area contributed by atoms with E-state index in [0.29, 0.717) is 29.7 Å². The number of rotatable bonds is 4. The van der Waals surface area contributed by atoms with E-state index in [4.69, 9.17) is 9.26 Å². The van der Waals surface area contributed by atoms with Crippen LogP contribution in [-0.4, -0.2) is 34.5 Å². The number of aryl methyl sites for hydroxylation is 1. The van der Waals surface area contributed by atoms with Gasteiger partial charge in [-0.15, -0.1) is 15.3 Å². The average Bonchev–Trinajstić information content (AvgIpc) is 3.40. The second kappa shape index (κ2) is 5.66. The van der Waals surface area contributed by atoms with Crippen molar-refractivity contribution in [1.82, 2.24) is 34.5 Å². The van der Waals surface area contributed by atoms with Crippen LogP contribution in [0, 0.1) is 0 Å². The molecule has 0 saturated heterocycles. The Bertz CT molecular complexity index is 1210. The van der Waals surface area contributed by atoms with Crippen LogP contribution in [0.1, 0.15) is 5.69 Å². The quantitative estimate of drug-likeness (QED) is 0.492. The van der Waals surface area contributed by atoms with E-state index in [1.54, 1.807) is 16.9 Å². The van der Waals surface area contributed by atoms with Crippen LogP contribution in [0.2, 0.25) is 0 Å². The van der Waals surface area contributed by atoms with E-state index < -0.39 is 0 Å². The molecule has 0 aliphatic carbocycles. The fourth-order valence-corrected chi connectivity index (χ4v) is 2.83. The molecular weight excluding hydrogens is 334 g/mol. The highest BCUT2D eigenvalue weighted by Gasteiger charge is 2.17. The summed E-state index contributed by atoms with van der Waals surface area (Å²) in [4.78, 5) is 4.28. The lowest BCUT2D eigenvalue weighted by Gasteiger charge is -2.08. The van der Waals surface area contributed by atoms with Crippen LogP contribution in [0.3, 0.4) is 0 Å². The van der Waals surface area contributed by atoms with Gasteiger partial charge in [-0.2, -0.15) is 4.52 Å². The summed E-state index contributed by atoms with van der Waals surface area (Å²) < 4.78 is 14.4. The summed E-state index contributed by atoms with van der Waals surface area (Å²) in [5, 5.41) is 18.7. The zero-order valence-corrected chi connectivity index (χ0v) is 13.8. The maximum Gasteiger partial charge on any atom is 0.240 e. The zero-order chi connectivity index (χ0) is 17.5. The fourth-order valence-electron chi connectivity index (χ4n) is 2.83. The van der Waals surface area contributed by atoms with E-state index in [1.165, 1.54) is 6.26 Å². The molecule has 9 nitrogen and oxygen atoms in total. The Kier molecular flexibility index (Phi) is 3.17. The number of imidazole rings is 1. The molecule has 1 aromatic carbocycles. The Balaban J connectivity index is 1.66. The number of benzene rings is 1. The van der Waals surface area contributed by atoms with Crippen LogP contribution in [0.15, 0.2) is 53.6 Å². The molecule has 26 heavy (non-hydrogen) atoms. The molecule has 0 aliphatic rings. The smallest absolute Gasteiger partial charge is 0.240 e. The molecule has 0 bridgehead atoms. The Labute approximate surface area is 146 Å². The van der Waals surface area contributed by atoms with Crippen molar-refractivity contribution in [3.8, 4) is 17.4 Å². The van der Waals surface area contributed by atoms with Crippen molar-refractivity contribution in [2.45, 2.75) is 6.61 Å². The first-order valence-corrected chi connectivity index (χ1v) is 7.94. The molecule has 0 atom stereocenters. The monoisotopic (exact) mass is 347 g/mol. The fraction of sp³-hybridized carbons (Fsp3) is 0.118. The summed E-state index contributed by atoms with van der Waals surface area (Å²) >= 11 is 0. The molecule has 4 heterocycles. The van der Waals surface area contributed by atoms with Crippen molar-refractivity contribution >= 4 is 16.4 Å². The second-order valence-electron chi connectivity index (χ2n) is 5.81. The Hall–Kier alpha value is -3.75. The maximum atomic E-state index is 5.96.